The van der Waals surface area contributed by atoms with Gasteiger partial charge in [-0.3, -0.25) is 4.90 Å². The van der Waals surface area contributed by atoms with Crippen molar-refractivity contribution in [3.8, 4) is 17.1 Å². The Labute approximate surface area is 177 Å². The van der Waals surface area contributed by atoms with Gasteiger partial charge in [0.05, 0.1) is 13.3 Å². The van der Waals surface area contributed by atoms with Crippen LogP contribution in [-0.4, -0.2) is 32.4 Å². The van der Waals surface area contributed by atoms with E-state index in [0.717, 1.165) is 34.9 Å². The Kier molecular flexibility index (Phi) is 5.83. The molecule has 4 rings (SSSR count). The molecule has 1 fully saturated rings. The van der Waals surface area contributed by atoms with Crippen molar-refractivity contribution < 1.29 is 4.74 Å². The van der Waals surface area contributed by atoms with Gasteiger partial charge in [0, 0.05) is 25.2 Å². The summed E-state index contributed by atoms with van der Waals surface area (Å²) in [4.78, 5) is 2.47. The van der Waals surface area contributed by atoms with Crippen molar-refractivity contribution in [1.29, 1.82) is 0 Å². The number of benzene rings is 2. The van der Waals surface area contributed by atoms with Crippen molar-refractivity contribution in [3.63, 3.8) is 0 Å². The zero-order chi connectivity index (χ0) is 20.4. The van der Waals surface area contributed by atoms with Crippen LogP contribution in [0.25, 0.3) is 11.4 Å². The Bertz CT molecular complexity index is 1020. The molecule has 0 unspecified atom stereocenters. The summed E-state index contributed by atoms with van der Waals surface area (Å²) >= 11 is 5.70. The van der Waals surface area contributed by atoms with Gasteiger partial charge in [-0.15, -0.1) is 0 Å². The minimum Gasteiger partial charge on any atom is -0.494 e. The first-order valence-corrected chi connectivity index (χ1v) is 10.7. The lowest BCUT2D eigenvalue weighted by atomic mass is 10.0. The summed E-state index contributed by atoms with van der Waals surface area (Å²) < 4.78 is 10.3. The summed E-state index contributed by atoms with van der Waals surface area (Å²) in [5, 5.41) is 4.85. The van der Waals surface area contributed by atoms with Gasteiger partial charge in [0.25, 0.3) is 0 Å². The number of rotatable bonds is 6. The van der Waals surface area contributed by atoms with Gasteiger partial charge in [-0.05, 0) is 56.6 Å². The molecular weight excluding hydrogens is 380 g/mol. The van der Waals surface area contributed by atoms with Crippen LogP contribution in [0.2, 0.25) is 0 Å². The second-order valence-corrected chi connectivity index (χ2v) is 8.01. The molecule has 1 aromatic heterocycles. The van der Waals surface area contributed by atoms with E-state index < -0.39 is 0 Å². The van der Waals surface area contributed by atoms with Gasteiger partial charge in [-0.25, -0.2) is 4.68 Å². The molecule has 1 saturated heterocycles. The number of aromatic nitrogens is 3. The smallest absolute Gasteiger partial charge is 0.199 e. The van der Waals surface area contributed by atoms with E-state index in [2.05, 4.69) is 60.4 Å². The summed E-state index contributed by atoms with van der Waals surface area (Å²) in [6.45, 7) is 6.55. The van der Waals surface area contributed by atoms with E-state index in [1.54, 1.807) is 0 Å². The summed E-state index contributed by atoms with van der Waals surface area (Å²) in [5.74, 6) is 1.84. The number of nitrogens with zero attached hydrogens (tertiary/aromatic N) is 4. The highest BCUT2D eigenvalue weighted by Gasteiger charge is 2.27. The average Bonchev–Trinajstić information content (AvgIpc) is 3.30. The number of likely N-dealkylation sites (tertiary alicyclic amines) is 1. The monoisotopic (exact) mass is 408 g/mol. The Morgan fingerprint density at radius 2 is 1.83 bits per heavy atom. The number of hydrogen-bond donors (Lipinski definition) is 0. The van der Waals surface area contributed by atoms with Crippen molar-refractivity contribution in [2.24, 2.45) is 7.05 Å². The quantitative estimate of drug-likeness (QED) is 0.530. The van der Waals surface area contributed by atoms with Gasteiger partial charge >= 0.3 is 0 Å². The molecule has 5 nitrogen and oxygen atoms in total. The van der Waals surface area contributed by atoms with Crippen LogP contribution in [-0.2, 0) is 13.7 Å². The van der Waals surface area contributed by atoms with Crippen LogP contribution in [0.4, 0.5) is 0 Å². The van der Waals surface area contributed by atoms with Gasteiger partial charge in [-0.1, -0.05) is 42.0 Å². The molecular formula is C23H28N4OS. The van der Waals surface area contributed by atoms with Crippen molar-refractivity contribution >= 4 is 12.2 Å². The molecule has 0 saturated carbocycles. The maximum Gasteiger partial charge on any atom is 0.199 e. The highest BCUT2D eigenvalue weighted by atomic mass is 32.1. The molecule has 1 aliphatic heterocycles. The topological polar surface area (TPSA) is 35.2 Å². The molecule has 0 bridgehead atoms. The van der Waals surface area contributed by atoms with Crippen molar-refractivity contribution in [1.82, 2.24) is 19.2 Å². The molecule has 0 radical (unpaired) electrons. The van der Waals surface area contributed by atoms with E-state index in [4.69, 9.17) is 22.1 Å². The zero-order valence-electron chi connectivity index (χ0n) is 17.3. The normalized spacial score (nSPS) is 17.0. The number of ether oxygens (including phenoxy) is 1. The first kappa shape index (κ1) is 19.9. The molecule has 0 spiro atoms. The predicted molar refractivity (Wildman–Crippen MR) is 118 cm³/mol. The highest BCUT2D eigenvalue weighted by Crippen LogP contribution is 2.33. The summed E-state index contributed by atoms with van der Waals surface area (Å²) in [7, 11) is 1.99. The Morgan fingerprint density at radius 3 is 2.52 bits per heavy atom. The molecule has 0 N–H and O–H groups in total. The van der Waals surface area contributed by atoms with Crippen LogP contribution in [0, 0.1) is 11.7 Å². The van der Waals surface area contributed by atoms with Crippen LogP contribution in [0.15, 0.2) is 48.5 Å². The van der Waals surface area contributed by atoms with E-state index in [1.807, 2.05) is 23.2 Å². The standard InChI is InChI=1S/C23H28N4OS/c1-4-28-20-13-11-18(12-14-20)21-6-5-15-26(21)16-27-23(29)25(3)22(24-27)19-9-7-17(2)8-10-19/h7-14,21H,4-6,15-16H2,1-3H3/t21-/m0/s1. The molecule has 29 heavy (non-hydrogen) atoms. The molecule has 0 amide bonds. The maximum absolute atomic E-state index is 5.70. The summed E-state index contributed by atoms with van der Waals surface area (Å²) in [5.41, 5.74) is 3.66. The van der Waals surface area contributed by atoms with Gasteiger partial charge in [0.2, 0.25) is 0 Å². The third-order valence-corrected chi connectivity index (χ3v) is 6.09. The second-order valence-electron chi connectivity index (χ2n) is 7.64. The van der Waals surface area contributed by atoms with E-state index in [0.29, 0.717) is 19.3 Å². The number of aryl methyl sites for hydroxylation is 1. The third-order valence-electron chi connectivity index (χ3n) is 5.61. The lowest BCUT2D eigenvalue weighted by Crippen LogP contribution is -2.27. The molecule has 1 aliphatic rings. The minimum absolute atomic E-state index is 0.386. The first-order valence-electron chi connectivity index (χ1n) is 10.2. The largest absolute Gasteiger partial charge is 0.494 e. The van der Waals surface area contributed by atoms with Crippen LogP contribution < -0.4 is 4.74 Å². The molecule has 6 heteroatoms. The van der Waals surface area contributed by atoms with Crippen molar-refractivity contribution in [2.45, 2.75) is 39.4 Å². The fourth-order valence-corrected chi connectivity index (χ4v) is 4.22. The lowest BCUT2D eigenvalue weighted by molar-refractivity contribution is 0.190. The van der Waals surface area contributed by atoms with Gasteiger partial charge in [-0.2, -0.15) is 5.10 Å². The Hall–Kier alpha value is -2.44. The summed E-state index contributed by atoms with van der Waals surface area (Å²) in [6.07, 6.45) is 2.34. The van der Waals surface area contributed by atoms with Gasteiger partial charge in [0.15, 0.2) is 10.6 Å². The van der Waals surface area contributed by atoms with Crippen LogP contribution in [0.5, 0.6) is 5.75 Å². The van der Waals surface area contributed by atoms with E-state index >= 15 is 0 Å². The lowest BCUT2D eigenvalue weighted by Gasteiger charge is -2.24. The predicted octanol–water partition coefficient (Wildman–Crippen LogP) is 5.12. The molecule has 2 aromatic carbocycles. The highest BCUT2D eigenvalue weighted by molar-refractivity contribution is 7.71. The van der Waals surface area contributed by atoms with Crippen molar-refractivity contribution in [2.75, 3.05) is 13.2 Å². The van der Waals surface area contributed by atoms with Crippen LogP contribution in [0.3, 0.4) is 0 Å². The summed E-state index contributed by atoms with van der Waals surface area (Å²) in [6, 6.07) is 17.3. The SMILES string of the molecule is CCOc1ccc([C@@H]2CCCN2Cn2nc(-c3ccc(C)cc3)n(C)c2=S)cc1. The van der Waals surface area contributed by atoms with Crippen molar-refractivity contribution in [3.05, 3.63) is 64.4 Å². The Balaban J connectivity index is 1.56. The molecule has 1 atom stereocenters. The maximum atomic E-state index is 5.70. The minimum atomic E-state index is 0.386. The second kappa shape index (κ2) is 8.51. The molecule has 3 aromatic rings. The molecule has 0 aliphatic carbocycles. The van der Waals surface area contributed by atoms with Gasteiger partial charge in [0.1, 0.15) is 5.75 Å². The van der Waals surface area contributed by atoms with E-state index in [-0.39, 0.29) is 0 Å². The molecule has 152 valence electrons. The van der Waals surface area contributed by atoms with Gasteiger partial charge < -0.3 is 9.30 Å². The van der Waals surface area contributed by atoms with Crippen LogP contribution >= 0.6 is 12.2 Å². The zero-order valence-corrected chi connectivity index (χ0v) is 18.2. The van der Waals surface area contributed by atoms with E-state index in [9.17, 15) is 0 Å². The van der Waals surface area contributed by atoms with Crippen LogP contribution in [0.1, 0.15) is 36.9 Å². The average molecular weight is 409 g/mol. The fourth-order valence-electron chi connectivity index (χ4n) is 4.03. The number of hydrogen-bond acceptors (Lipinski definition) is 4. The first-order chi connectivity index (χ1) is 14.1. The fraction of sp³-hybridized carbons (Fsp3) is 0.391. The van der Waals surface area contributed by atoms with E-state index in [1.165, 1.54) is 17.5 Å². The Morgan fingerprint density at radius 1 is 1.10 bits per heavy atom. The third kappa shape index (κ3) is 4.14. The molecule has 2 heterocycles.